The number of likely N-dealkylation sites (N-methyl/N-ethyl adjacent to an activating group) is 1. The van der Waals surface area contributed by atoms with Crippen LogP contribution < -0.4 is 19.5 Å². The van der Waals surface area contributed by atoms with Gasteiger partial charge in [-0.25, -0.2) is 4.79 Å². The van der Waals surface area contributed by atoms with E-state index in [9.17, 15) is 4.79 Å². The van der Waals surface area contributed by atoms with E-state index in [4.69, 9.17) is 14.2 Å². The Labute approximate surface area is 148 Å². The van der Waals surface area contributed by atoms with Crippen LogP contribution >= 0.6 is 0 Å². The Bertz CT molecular complexity index is 632. The summed E-state index contributed by atoms with van der Waals surface area (Å²) < 4.78 is 16.2. The average molecular weight is 344 g/mol. The van der Waals surface area contributed by atoms with Gasteiger partial charge in [-0.15, -0.1) is 0 Å². The zero-order valence-corrected chi connectivity index (χ0v) is 14.6. The van der Waals surface area contributed by atoms with E-state index < -0.39 is 0 Å². The molecule has 0 unspecified atom stereocenters. The highest BCUT2D eigenvalue weighted by Gasteiger charge is 2.07. The van der Waals surface area contributed by atoms with Crippen molar-refractivity contribution in [3.8, 4) is 17.2 Å². The highest BCUT2D eigenvalue weighted by atomic mass is 16.5. The Hall–Kier alpha value is -2.89. The second-order valence-corrected chi connectivity index (χ2v) is 5.34. The molecule has 0 saturated carbocycles. The maximum atomic E-state index is 12.0. The second kappa shape index (κ2) is 10.1. The summed E-state index contributed by atoms with van der Waals surface area (Å²) in [5.41, 5.74) is 0. The number of amides is 2. The van der Waals surface area contributed by atoms with Gasteiger partial charge in [-0.3, -0.25) is 0 Å². The van der Waals surface area contributed by atoms with Crippen LogP contribution in [0.15, 0.2) is 54.6 Å². The van der Waals surface area contributed by atoms with E-state index >= 15 is 0 Å². The van der Waals surface area contributed by atoms with Crippen LogP contribution in [0.4, 0.5) is 4.79 Å². The molecule has 0 aromatic heterocycles. The van der Waals surface area contributed by atoms with Crippen LogP contribution in [-0.2, 0) is 0 Å². The van der Waals surface area contributed by atoms with Crippen LogP contribution in [0.3, 0.4) is 0 Å². The predicted octanol–water partition coefficient (Wildman–Crippen LogP) is 2.79. The molecule has 6 heteroatoms. The Kier molecular flexibility index (Phi) is 7.43. The third-order valence-electron chi connectivity index (χ3n) is 3.49. The molecule has 1 N–H and O–H groups in total. The SMILES string of the molecule is COc1ccc(OCCN(C)C(=O)NCCOc2ccccc2)cc1. The monoisotopic (exact) mass is 344 g/mol. The predicted molar refractivity (Wildman–Crippen MR) is 96.5 cm³/mol. The lowest BCUT2D eigenvalue weighted by molar-refractivity contribution is 0.192. The fraction of sp³-hybridized carbons (Fsp3) is 0.316. The Morgan fingerprint density at radius 2 is 1.52 bits per heavy atom. The first-order valence-corrected chi connectivity index (χ1v) is 8.12. The van der Waals surface area contributed by atoms with E-state index in [0.29, 0.717) is 26.3 Å². The molecule has 2 aromatic carbocycles. The lowest BCUT2D eigenvalue weighted by Crippen LogP contribution is -2.40. The van der Waals surface area contributed by atoms with Crippen LogP contribution in [0.5, 0.6) is 17.2 Å². The molecule has 0 saturated heterocycles. The van der Waals surface area contributed by atoms with E-state index in [2.05, 4.69) is 5.32 Å². The number of hydrogen-bond donors (Lipinski definition) is 1. The van der Waals surface area contributed by atoms with Crippen molar-refractivity contribution in [2.75, 3.05) is 40.5 Å². The van der Waals surface area contributed by atoms with Gasteiger partial charge < -0.3 is 24.4 Å². The van der Waals surface area contributed by atoms with Crippen molar-refractivity contribution in [3.63, 3.8) is 0 Å². The highest BCUT2D eigenvalue weighted by molar-refractivity contribution is 5.73. The van der Waals surface area contributed by atoms with E-state index in [-0.39, 0.29) is 6.03 Å². The highest BCUT2D eigenvalue weighted by Crippen LogP contribution is 2.16. The molecule has 2 amide bonds. The van der Waals surface area contributed by atoms with E-state index in [1.807, 2.05) is 54.6 Å². The molecule has 0 bridgehead atoms. The number of rotatable bonds is 9. The lowest BCUT2D eigenvalue weighted by atomic mass is 10.3. The van der Waals surface area contributed by atoms with Gasteiger partial charge in [0.2, 0.25) is 0 Å². The van der Waals surface area contributed by atoms with Crippen molar-refractivity contribution >= 4 is 6.03 Å². The second-order valence-electron chi connectivity index (χ2n) is 5.34. The molecule has 134 valence electrons. The van der Waals surface area contributed by atoms with Crippen molar-refractivity contribution < 1.29 is 19.0 Å². The van der Waals surface area contributed by atoms with Crippen LogP contribution in [0, 0.1) is 0 Å². The Morgan fingerprint density at radius 1 is 0.920 bits per heavy atom. The van der Waals surface area contributed by atoms with Gasteiger partial charge in [-0.05, 0) is 36.4 Å². The fourth-order valence-electron chi connectivity index (χ4n) is 2.05. The average Bonchev–Trinajstić information content (AvgIpc) is 2.66. The summed E-state index contributed by atoms with van der Waals surface area (Å²) in [5.74, 6) is 2.31. The maximum absolute atomic E-state index is 12.0. The van der Waals surface area contributed by atoms with Crippen molar-refractivity contribution in [2.45, 2.75) is 0 Å². The minimum absolute atomic E-state index is 0.157. The fourth-order valence-corrected chi connectivity index (χ4v) is 2.05. The zero-order valence-electron chi connectivity index (χ0n) is 14.6. The molecular formula is C19H24N2O4. The van der Waals surface area contributed by atoms with Gasteiger partial charge in [0.25, 0.3) is 0 Å². The molecule has 0 radical (unpaired) electrons. The molecule has 6 nitrogen and oxygen atoms in total. The molecule has 0 atom stereocenters. The summed E-state index contributed by atoms with van der Waals surface area (Å²) in [4.78, 5) is 13.5. The van der Waals surface area contributed by atoms with Gasteiger partial charge in [0.15, 0.2) is 0 Å². The molecular weight excluding hydrogens is 320 g/mol. The lowest BCUT2D eigenvalue weighted by Gasteiger charge is -2.18. The van der Waals surface area contributed by atoms with Crippen molar-refractivity contribution in [2.24, 2.45) is 0 Å². The first kappa shape index (κ1) is 18.4. The Balaban J connectivity index is 1.59. The van der Waals surface area contributed by atoms with Gasteiger partial charge in [0, 0.05) is 7.05 Å². The number of carbonyl (C=O) groups excluding carboxylic acids is 1. The van der Waals surface area contributed by atoms with E-state index in [1.54, 1.807) is 19.1 Å². The minimum Gasteiger partial charge on any atom is -0.497 e. The molecule has 2 rings (SSSR count). The number of carbonyl (C=O) groups is 1. The van der Waals surface area contributed by atoms with Crippen LogP contribution in [0.2, 0.25) is 0 Å². The third kappa shape index (κ3) is 6.63. The number of nitrogens with zero attached hydrogens (tertiary/aromatic N) is 1. The van der Waals surface area contributed by atoms with Gasteiger partial charge in [-0.1, -0.05) is 18.2 Å². The number of urea groups is 1. The summed E-state index contributed by atoms with van der Waals surface area (Å²) >= 11 is 0. The number of ether oxygens (including phenoxy) is 3. The summed E-state index contributed by atoms with van der Waals surface area (Å²) in [7, 11) is 3.35. The van der Waals surface area contributed by atoms with Crippen molar-refractivity contribution in [1.29, 1.82) is 0 Å². The third-order valence-corrected chi connectivity index (χ3v) is 3.49. The summed E-state index contributed by atoms with van der Waals surface area (Å²) in [6, 6.07) is 16.7. The van der Waals surface area contributed by atoms with Crippen molar-refractivity contribution in [1.82, 2.24) is 10.2 Å². The minimum atomic E-state index is -0.157. The molecule has 0 spiro atoms. The van der Waals surface area contributed by atoms with E-state index in [1.165, 1.54) is 0 Å². The van der Waals surface area contributed by atoms with Crippen LogP contribution in [0.25, 0.3) is 0 Å². The smallest absolute Gasteiger partial charge is 0.317 e. The first-order valence-electron chi connectivity index (χ1n) is 8.12. The molecule has 0 aliphatic heterocycles. The normalized spacial score (nSPS) is 10.0. The molecule has 0 aliphatic carbocycles. The van der Waals surface area contributed by atoms with Gasteiger partial charge in [0.05, 0.1) is 20.2 Å². The summed E-state index contributed by atoms with van der Waals surface area (Å²) in [6.07, 6.45) is 0. The standard InChI is InChI=1S/C19H24N2O4/c1-21(13-15-25-18-10-8-16(23-2)9-11-18)19(22)20-12-14-24-17-6-4-3-5-7-17/h3-11H,12-15H2,1-2H3,(H,20,22). The molecule has 25 heavy (non-hydrogen) atoms. The molecule has 0 fully saturated rings. The number of nitrogens with one attached hydrogen (secondary N) is 1. The number of methoxy groups -OCH3 is 1. The number of para-hydroxylation sites is 1. The summed E-state index contributed by atoms with van der Waals surface area (Å²) in [6.45, 7) is 1.76. The van der Waals surface area contributed by atoms with Crippen LogP contribution in [-0.4, -0.2) is 51.4 Å². The largest absolute Gasteiger partial charge is 0.497 e. The topological polar surface area (TPSA) is 60.0 Å². The maximum Gasteiger partial charge on any atom is 0.317 e. The van der Waals surface area contributed by atoms with Crippen molar-refractivity contribution in [3.05, 3.63) is 54.6 Å². The molecule has 0 heterocycles. The van der Waals surface area contributed by atoms with Gasteiger partial charge in [-0.2, -0.15) is 0 Å². The Morgan fingerprint density at radius 3 is 2.20 bits per heavy atom. The van der Waals surface area contributed by atoms with Gasteiger partial charge in [0.1, 0.15) is 30.5 Å². The number of hydrogen-bond acceptors (Lipinski definition) is 4. The summed E-state index contributed by atoms with van der Waals surface area (Å²) in [5, 5.41) is 2.81. The molecule has 0 aliphatic rings. The van der Waals surface area contributed by atoms with Gasteiger partial charge >= 0.3 is 6.03 Å². The number of benzene rings is 2. The quantitative estimate of drug-likeness (QED) is 0.711. The van der Waals surface area contributed by atoms with E-state index in [0.717, 1.165) is 17.2 Å². The van der Waals surface area contributed by atoms with Crippen LogP contribution in [0.1, 0.15) is 0 Å². The molecule has 2 aromatic rings. The zero-order chi connectivity index (χ0) is 17.9. The first-order chi connectivity index (χ1) is 12.2.